The van der Waals surface area contributed by atoms with Crippen LogP contribution in [0.2, 0.25) is 0 Å². The summed E-state index contributed by atoms with van der Waals surface area (Å²) >= 11 is 3.39. The Balaban J connectivity index is 1.98. The predicted molar refractivity (Wildman–Crippen MR) is 77.2 cm³/mol. The van der Waals surface area contributed by atoms with E-state index in [2.05, 4.69) is 26.2 Å². The molecule has 1 heterocycles. The lowest BCUT2D eigenvalue weighted by molar-refractivity contribution is -0.138. The Morgan fingerprint density at radius 2 is 2.26 bits per heavy atom. The molecule has 0 aliphatic heterocycles. The molecule has 1 aromatic heterocycles. The zero-order chi connectivity index (χ0) is 13.4. The summed E-state index contributed by atoms with van der Waals surface area (Å²) in [5, 5.41) is 13.4. The van der Waals surface area contributed by atoms with Gasteiger partial charge in [-0.15, -0.1) is 0 Å². The Bertz CT molecular complexity index is 640. The third kappa shape index (κ3) is 2.56. The second-order valence-corrected chi connectivity index (χ2v) is 5.74. The summed E-state index contributed by atoms with van der Waals surface area (Å²) in [6.45, 7) is 0. The van der Waals surface area contributed by atoms with Crippen LogP contribution < -0.4 is 5.32 Å². The molecule has 1 aromatic carbocycles. The summed E-state index contributed by atoms with van der Waals surface area (Å²) in [6.07, 6.45) is 3.68. The van der Waals surface area contributed by atoms with Crippen molar-refractivity contribution in [2.75, 3.05) is 5.32 Å². The van der Waals surface area contributed by atoms with Crippen LogP contribution >= 0.6 is 15.9 Å². The molecule has 0 spiro atoms. The molecule has 0 amide bonds. The third-order valence-electron chi connectivity index (χ3n) is 3.35. The van der Waals surface area contributed by atoms with Crippen LogP contribution in [0.25, 0.3) is 10.9 Å². The summed E-state index contributed by atoms with van der Waals surface area (Å²) < 4.78 is 0.911. The number of pyridine rings is 1. The van der Waals surface area contributed by atoms with Crippen molar-refractivity contribution in [1.29, 1.82) is 0 Å². The van der Waals surface area contributed by atoms with Gasteiger partial charge in [-0.25, -0.2) is 4.79 Å². The number of aliphatic carboxylic acids is 1. The molecule has 1 aliphatic carbocycles. The van der Waals surface area contributed by atoms with Gasteiger partial charge in [0.2, 0.25) is 0 Å². The Labute approximate surface area is 119 Å². The van der Waals surface area contributed by atoms with Gasteiger partial charge in [-0.1, -0.05) is 12.1 Å². The SMILES string of the molecule is O=C(O)C(Nc1cccc2cc(Br)cnc12)C1CC1. The van der Waals surface area contributed by atoms with Crippen molar-refractivity contribution in [2.24, 2.45) is 5.92 Å². The Kier molecular flexibility index (Phi) is 3.14. The van der Waals surface area contributed by atoms with Gasteiger partial charge in [0.05, 0.1) is 11.2 Å². The molecular formula is C14H13BrN2O2. The predicted octanol–water partition coefficient (Wildman–Crippen LogP) is 3.27. The molecule has 3 rings (SSSR count). The lowest BCUT2D eigenvalue weighted by Crippen LogP contribution is -2.31. The first-order valence-electron chi connectivity index (χ1n) is 6.19. The zero-order valence-electron chi connectivity index (χ0n) is 10.1. The van der Waals surface area contributed by atoms with Crippen molar-refractivity contribution in [1.82, 2.24) is 4.98 Å². The van der Waals surface area contributed by atoms with E-state index in [1.54, 1.807) is 6.20 Å². The van der Waals surface area contributed by atoms with E-state index in [1.807, 2.05) is 24.3 Å². The van der Waals surface area contributed by atoms with Crippen LogP contribution in [-0.4, -0.2) is 22.1 Å². The van der Waals surface area contributed by atoms with E-state index in [-0.39, 0.29) is 5.92 Å². The fourth-order valence-electron chi connectivity index (χ4n) is 2.23. The number of hydrogen-bond donors (Lipinski definition) is 2. The summed E-state index contributed by atoms with van der Waals surface area (Å²) in [4.78, 5) is 15.7. The standard InChI is InChI=1S/C14H13BrN2O2/c15-10-6-9-2-1-3-11(12(9)16-7-10)17-13(14(18)19)8-4-5-8/h1-3,6-8,13,17H,4-5H2,(H,18,19). The highest BCUT2D eigenvalue weighted by atomic mass is 79.9. The van der Waals surface area contributed by atoms with Crippen molar-refractivity contribution < 1.29 is 9.90 Å². The summed E-state index contributed by atoms with van der Waals surface area (Å²) in [6, 6.07) is 7.20. The van der Waals surface area contributed by atoms with Crippen LogP contribution in [0, 0.1) is 5.92 Å². The van der Waals surface area contributed by atoms with Gasteiger partial charge in [0, 0.05) is 16.1 Å². The molecule has 1 aliphatic rings. The Morgan fingerprint density at radius 1 is 1.47 bits per heavy atom. The molecule has 1 unspecified atom stereocenters. The van der Waals surface area contributed by atoms with Crippen LogP contribution in [-0.2, 0) is 4.79 Å². The number of halogens is 1. The highest BCUT2D eigenvalue weighted by Crippen LogP contribution is 2.35. The summed E-state index contributed by atoms with van der Waals surface area (Å²) in [5.74, 6) is -0.556. The first kappa shape index (κ1) is 12.4. The number of rotatable bonds is 4. The minimum Gasteiger partial charge on any atom is -0.480 e. The van der Waals surface area contributed by atoms with E-state index >= 15 is 0 Å². The van der Waals surface area contributed by atoms with E-state index in [0.717, 1.165) is 33.9 Å². The molecule has 2 N–H and O–H groups in total. The quantitative estimate of drug-likeness (QED) is 0.907. The average molecular weight is 321 g/mol. The number of hydrogen-bond acceptors (Lipinski definition) is 3. The first-order chi connectivity index (χ1) is 9.15. The van der Waals surface area contributed by atoms with Gasteiger partial charge in [-0.2, -0.15) is 0 Å². The summed E-state index contributed by atoms with van der Waals surface area (Å²) in [7, 11) is 0. The number of anilines is 1. The number of fused-ring (bicyclic) bond motifs is 1. The largest absolute Gasteiger partial charge is 0.480 e. The van der Waals surface area contributed by atoms with Gasteiger partial charge in [0.1, 0.15) is 6.04 Å². The van der Waals surface area contributed by atoms with Gasteiger partial charge >= 0.3 is 5.97 Å². The molecule has 4 nitrogen and oxygen atoms in total. The maximum Gasteiger partial charge on any atom is 0.326 e. The highest BCUT2D eigenvalue weighted by Gasteiger charge is 2.36. The van der Waals surface area contributed by atoms with Crippen molar-refractivity contribution in [3.05, 3.63) is 34.9 Å². The van der Waals surface area contributed by atoms with Crippen molar-refractivity contribution in [3.63, 3.8) is 0 Å². The van der Waals surface area contributed by atoms with E-state index in [0.29, 0.717) is 0 Å². The molecule has 98 valence electrons. The molecule has 1 fully saturated rings. The van der Waals surface area contributed by atoms with Crippen molar-refractivity contribution in [3.8, 4) is 0 Å². The van der Waals surface area contributed by atoms with Gasteiger partial charge in [0.25, 0.3) is 0 Å². The number of carbonyl (C=O) groups is 1. The number of aromatic nitrogens is 1. The molecule has 0 radical (unpaired) electrons. The van der Waals surface area contributed by atoms with Crippen LogP contribution in [0.1, 0.15) is 12.8 Å². The second-order valence-electron chi connectivity index (χ2n) is 4.83. The first-order valence-corrected chi connectivity index (χ1v) is 6.98. The fraction of sp³-hybridized carbons (Fsp3) is 0.286. The number of benzene rings is 1. The van der Waals surface area contributed by atoms with E-state index in [1.165, 1.54) is 0 Å². The lowest BCUT2D eigenvalue weighted by Gasteiger charge is -2.16. The Morgan fingerprint density at radius 3 is 2.95 bits per heavy atom. The molecule has 19 heavy (non-hydrogen) atoms. The third-order valence-corrected chi connectivity index (χ3v) is 3.78. The van der Waals surface area contributed by atoms with Gasteiger partial charge < -0.3 is 10.4 Å². The zero-order valence-corrected chi connectivity index (χ0v) is 11.7. The van der Waals surface area contributed by atoms with Crippen LogP contribution in [0.4, 0.5) is 5.69 Å². The molecule has 2 aromatic rings. The van der Waals surface area contributed by atoms with Crippen LogP contribution in [0.3, 0.4) is 0 Å². The van der Waals surface area contributed by atoms with Crippen molar-refractivity contribution >= 4 is 38.5 Å². The fourth-order valence-corrected chi connectivity index (χ4v) is 2.58. The lowest BCUT2D eigenvalue weighted by atomic mass is 10.1. The molecule has 5 heteroatoms. The van der Waals surface area contributed by atoms with Crippen LogP contribution in [0.5, 0.6) is 0 Å². The number of carboxylic acids is 1. The van der Waals surface area contributed by atoms with Gasteiger partial charge in [-0.05, 0) is 46.8 Å². The Hall–Kier alpha value is -1.62. The minimum absolute atomic E-state index is 0.239. The topological polar surface area (TPSA) is 62.2 Å². The summed E-state index contributed by atoms with van der Waals surface area (Å²) in [5.41, 5.74) is 1.59. The van der Waals surface area contributed by atoms with Crippen molar-refractivity contribution in [2.45, 2.75) is 18.9 Å². The molecular weight excluding hydrogens is 308 g/mol. The van der Waals surface area contributed by atoms with E-state index in [4.69, 9.17) is 0 Å². The van der Waals surface area contributed by atoms with Gasteiger partial charge in [0.15, 0.2) is 0 Å². The maximum absolute atomic E-state index is 11.3. The molecule has 0 saturated heterocycles. The molecule has 1 atom stereocenters. The number of para-hydroxylation sites is 1. The normalized spacial score (nSPS) is 16.3. The molecule has 0 bridgehead atoms. The van der Waals surface area contributed by atoms with Gasteiger partial charge in [-0.3, -0.25) is 4.98 Å². The molecule has 1 saturated carbocycles. The number of carboxylic acid groups (broad SMARTS) is 1. The van der Waals surface area contributed by atoms with E-state index < -0.39 is 12.0 Å². The smallest absolute Gasteiger partial charge is 0.326 e. The average Bonchev–Trinajstić information content (AvgIpc) is 3.19. The van der Waals surface area contributed by atoms with E-state index in [9.17, 15) is 9.90 Å². The maximum atomic E-state index is 11.3. The minimum atomic E-state index is -0.795. The second kappa shape index (κ2) is 4.81. The monoisotopic (exact) mass is 320 g/mol. The number of nitrogens with one attached hydrogen (secondary N) is 1. The number of nitrogens with zero attached hydrogens (tertiary/aromatic N) is 1. The van der Waals surface area contributed by atoms with Crippen LogP contribution in [0.15, 0.2) is 34.9 Å². The highest BCUT2D eigenvalue weighted by molar-refractivity contribution is 9.10.